The van der Waals surface area contributed by atoms with Crippen LogP contribution in [0.5, 0.6) is 0 Å². The first-order valence-electron chi connectivity index (χ1n) is 16.2. The summed E-state index contributed by atoms with van der Waals surface area (Å²) in [6.45, 7) is 4.90. The van der Waals surface area contributed by atoms with Gasteiger partial charge in [-0.15, -0.1) is 0 Å². The molecule has 0 heterocycles. The number of hydrogen-bond acceptors (Lipinski definition) is 0. The number of fused-ring (bicyclic) bond motifs is 5. The second-order valence-corrected chi connectivity index (χ2v) is 13.8. The van der Waals surface area contributed by atoms with Gasteiger partial charge in [0.1, 0.15) is 0 Å². The Balaban J connectivity index is 1.05. The number of allylic oxidation sites excluding steroid dienone is 20. The molecule has 0 nitrogen and oxygen atoms in total. The van der Waals surface area contributed by atoms with E-state index in [0.717, 1.165) is 31.6 Å². The fourth-order valence-electron chi connectivity index (χ4n) is 8.88. The Bertz CT molecular complexity index is 1640. The van der Waals surface area contributed by atoms with Gasteiger partial charge in [-0.2, -0.15) is 0 Å². The van der Waals surface area contributed by atoms with Crippen molar-refractivity contribution in [3.63, 3.8) is 0 Å². The number of benzene rings is 1. The minimum Gasteiger partial charge on any atom is -0.0839 e. The van der Waals surface area contributed by atoms with Crippen LogP contribution in [0.15, 0.2) is 135 Å². The Morgan fingerprint density at radius 1 is 0.707 bits per heavy atom. The average Bonchev–Trinajstić information content (AvgIpc) is 3.26. The summed E-state index contributed by atoms with van der Waals surface area (Å²) in [7, 11) is 0. The summed E-state index contributed by atoms with van der Waals surface area (Å²) in [5, 5.41) is 0. The predicted molar refractivity (Wildman–Crippen MR) is 173 cm³/mol. The molecule has 7 aliphatic rings. The second-order valence-electron chi connectivity index (χ2n) is 13.8. The quantitative estimate of drug-likeness (QED) is 0.362. The molecule has 0 aromatic heterocycles. The van der Waals surface area contributed by atoms with Crippen LogP contribution >= 0.6 is 0 Å². The molecule has 0 saturated heterocycles. The molecule has 1 aromatic carbocycles. The predicted octanol–water partition coefficient (Wildman–Crippen LogP) is 10.9. The van der Waals surface area contributed by atoms with E-state index in [2.05, 4.69) is 98.9 Å². The molecular formula is C41H42. The molecular weight excluding hydrogens is 492 g/mol. The van der Waals surface area contributed by atoms with Crippen molar-refractivity contribution in [1.29, 1.82) is 0 Å². The smallest absolute Gasteiger partial charge is 0.00233 e. The molecule has 1 aromatic rings. The summed E-state index contributed by atoms with van der Waals surface area (Å²) in [6.07, 6.45) is 36.7. The Kier molecular flexibility index (Phi) is 6.10. The van der Waals surface area contributed by atoms with Crippen molar-refractivity contribution >= 4 is 5.57 Å². The van der Waals surface area contributed by atoms with Crippen LogP contribution in [0.2, 0.25) is 0 Å². The Hall–Kier alpha value is -3.38. The van der Waals surface area contributed by atoms with Crippen LogP contribution in [-0.2, 0) is 5.41 Å². The van der Waals surface area contributed by atoms with Crippen molar-refractivity contribution in [2.24, 2.45) is 11.8 Å². The zero-order chi connectivity index (χ0) is 27.6. The minimum absolute atomic E-state index is 0.186. The second kappa shape index (κ2) is 9.87. The summed E-state index contributed by atoms with van der Waals surface area (Å²) in [5.74, 6) is 1.34. The molecule has 0 spiro atoms. The maximum absolute atomic E-state index is 2.59. The number of rotatable bonds is 3. The molecule has 0 heteroatoms. The van der Waals surface area contributed by atoms with Crippen LogP contribution in [-0.4, -0.2) is 0 Å². The number of hydrogen-bond donors (Lipinski definition) is 0. The molecule has 2 atom stereocenters. The van der Waals surface area contributed by atoms with E-state index in [4.69, 9.17) is 0 Å². The van der Waals surface area contributed by atoms with Gasteiger partial charge in [0.05, 0.1) is 0 Å². The van der Waals surface area contributed by atoms with Crippen LogP contribution in [0.4, 0.5) is 0 Å². The molecule has 0 aliphatic heterocycles. The van der Waals surface area contributed by atoms with Crippen molar-refractivity contribution in [2.75, 3.05) is 0 Å². The molecule has 8 rings (SSSR count). The van der Waals surface area contributed by atoms with Gasteiger partial charge in [0.15, 0.2) is 0 Å². The summed E-state index contributed by atoms with van der Waals surface area (Å²) in [4.78, 5) is 0. The molecule has 0 radical (unpaired) electrons. The highest BCUT2D eigenvalue weighted by Crippen LogP contribution is 2.54. The van der Waals surface area contributed by atoms with Gasteiger partial charge >= 0.3 is 0 Å². The summed E-state index contributed by atoms with van der Waals surface area (Å²) in [6, 6.07) is 9.09. The lowest BCUT2D eigenvalue weighted by atomic mass is 9.71. The van der Waals surface area contributed by atoms with Crippen molar-refractivity contribution in [3.8, 4) is 0 Å². The fraction of sp³-hybridized carbons (Fsp3) is 0.366. The normalized spacial score (nSPS) is 28.0. The van der Waals surface area contributed by atoms with Gasteiger partial charge in [-0.25, -0.2) is 0 Å². The highest BCUT2D eigenvalue weighted by atomic mass is 14.5. The zero-order valence-corrected chi connectivity index (χ0v) is 24.8. The Morgan fingerprint density at radius 2 is 1.46 bits per heavy atom. The van der Waals surface area contributed by atoms with E-state index in [1.165, 1.54) is 60.8 Å². The van der Waals surface area contributed by atoms with Gasteiger partial charge in [0.2, 0.25) is 0 Å². The van der Waals surface area contributed by atoms with E-state index >= 15 is 0 Å². The molecule has 206 valence electrons. The summed E-state index contributed by atoms with van der Waals surface area (Å²) < 4.78 is 0. The highest BCUT2D eigenvalue weighted by molar-refractivity contribution is 5.80. The van der Waals surface area contributed by atoms with Gasteiger partial charge in [-0.3, -0.25) is 0 Å². The summed E-state index contributed by atoms with van der Waals surface area (Å²) in [5.41, 5.74) is 18.9. The first-order valence-corrected chi connectivity index (χ1v) is 16.2. The van der Waals surface area contributed by atoms with E-state index in [1.807, 2.05) is 0 Å². The first kappa shape index (κ1) is 25.3. The van der Waals surface area contributed by atoms with Crippen LogP contribution in [0.1, 0.15) is 89.2 Å². The van der Waals surface area contributed by atoms with Gasteiger partial charge < -0.3 is 0 Å². The molecule has 0 amide bonds. The van der Waals surface area contributed by atoms with Crippen LogP contribution < -0.4 is 0 Å². The van der Waals surface area contributed by atoms with E-state index in [0.29, 0.717) is 5.92 Å². The van der Waals surface area contributed by atoms with Crippen molar-refractivity contribution in [1.82, 2.24) is 0 Å². The maximum atomic E-state index is 2.59. The third-order valence-corrected chi connectivity index (χ3v) is 11.2. The van der Waals surface area contributed by atoms with E-state index < -0.39 is 0 Å². The molecule has 7 aliphatic carbocycles. The van der Waals surface area contributed by atoms with Gasteiger partial charge in [-0.05, 0) is 148 Å². The topological polar surface area (TPSA) is 0 Å². The zero-order valence-electron chi connectivity index (χ0n) is 24.8. The lowest BCUT2D eigenvalue weighted by Crippen LogP contribution is -2.25. The first-order chi connectivity index (χ1) is 20.1. The molecule has 41 heavy (non-hydrogen) atoms. The van der Waals surface area contributed by atoms with Crippen LogP contribution in [0, 0.1) is 11.8 Å². The van der Waals surface area contributed by atoms with Crippen molar-refractivity contribution in [3.05, 3.63) is 146 Å². The van der Waals surface area contributed by atoms with Crippen LogP contribution in [0.3, 0.4) is 0 Å². The lowest BCUT2D eigenvalue weighted by molar-refractivity contribution is 0.408. The molecule has 0 saturated carbocycles. The monoisotopic (exact) mass is 534 g/mol. The summed E-state index contributed by atoms with van der Waals surface area (Å²) >= 11 is 0. The molecule has 2 unspecified atom stereocenters. The Labute approximate surface area is 246 Å². The molecule has 0 fully saturated rings. The third kappa shape index (κ3) is 4.25. The SMILES string of the molecule is CC1(C)c2ccccc2C2=CC=C(C3=CC(C4=CCCC(C5=CC6=C(CC5)C5=CC=CCC5CC6)=C4)=CCC3)CC21. The largest absolute Gasteiger partial charge is 0.0839 e. The van der Waals surface area contributed by atoms with Crippen molar-refractivity contribution in [2.45, 2.75) is 83.5 Å². The molecule has 0 bridgehead atoms. The van der Waals surface area contributed by atoms with Crippen molar-refractivity contribution < 1.29 is 0 Å². The van der Waals surface area contributed by atoms with Gasteiger partial charge in [0.25, 0.3) is 0 Å². The van der Waals surface area contributed by atoms with E-state index in [9.17, 15) is 0 Å². The third-order valence-electron chi connectivity index (χ3n) is 11.2. The lowest BCUT2D eigenvalue weighted by Gasteiger charge is -2.34. The standard InChI is InChI=1S/C41H42/c1-41(2)39-16-6-5-15-37(39)38-22-20-33(26-40(38)41)31-13-8-11-29(24-31)28-10-7-12-30(23-28)32-19-21-36-34(25-32)18-17-27-9-3-4-14-35(27)36/h3-6,10-11,14-16,20,22-25,27,40H,7-9,12-13,17-19,21,26H2,1-2H3. The fourth-order valence-corrected chi connectivity index (χ4v) is 8.88. The minimum atomic E-state index is 0.186. The van der Waals surface area contributed by atoms with Gasteiger partial charge in [0, 0.05) is 0 Å². The average molecular weight is 535 g/mol. The maximum Gasteiger partial charge on any atom is -0.00233 e. The van der Waals surface area contributed by atoms with Gasteiger partial charge in [-0.1, -0.05) is 98.9 Å². The van der Waals surface area contributed by atoms with E-state index in [1.54, 1.807) is 44.6 Å². The Morgan fingerprint density at radius 3 is 2.29 bits per heavy atom. The highest BCUT2D eigenvalue weighted by Gasteiger charge is 2.43. The van der Waals surface area contributed by atoms with Crippen LogP contribution in [0.25, 0.3) is 5.57 Å². The molecule has 0 N–H and O–H groups in total. The van der Waals surface area contributed by atoms with E-state index in [-0.39, 0.29) is 5.41 Å².